The maximum Gasteiger partial charge on any atom is 0.200 e. The maximum atomic E-state index is 12.5. The summed E-state index contributed by atoms with van der Waals surface area (Å²) in [7, 11) is 0. The second-order valence-electron chi connectivity index (χ2n) is 4.37. The fourth-order valence-electron chi connectivity index (χ4n) is 2.19. The van der Waals surface area contributed by atoms with Gasteiger partial charge in [0.1, 0.15) is 22.1 Å². The standard InChI is InChI=1S/C15H9BrO4/c16-12-13(18)8(5-6-17)7-10-14(19)9-3-1-2-4-11(9)20-15(10)12/h1-4,6-7,18H,5H2. The lowest BCUT2D eigenvalue weighted by Crippen LogP contribution is -2.03. The summed E-state index contributed by atoms with van der Waals surface area (Å²) < 4.78 is 5.96. The lowest BCUT2D eigenvalue weighted by Gasteiger charge is -2.08. The Morgan fingerprint density at radius 2 is 2.00 bits per heavy atom. The predicted octanol–water partition coefficient (Wildman–Crippen LogP) is 3.16. The van der Waals surface area contributed by atoms with E-state index in [9.17, 15) is 14.7 Å². The molecule has 100 valence electrons. The number of fused-ring (bicyclic) bond motifs is 2. The molecule has 5 heteroatoms. The van der Waals surface area contributed by atoms with E-state index in [-0.39, 0.29) is 27.7 Å². The number of benzene rings is 2. The minimum absolute atomic E-state index is 0.0344. The van der Waals surface area contributed by atoms with Crippen LogP contribution in [0.1, 0.15) is 5.56 Å². The van der Waals surface area contributed by atoms with Crippen LogP contribution in [0.5, 0.6) is 5.75 Å². The van der Waals surface area contributed by atoms with Gasteiger partial charge in [-0.15, -0.1) is 0 Å². The van der Waals surface area contributed by atoms with Gasteiger partial charge in [-0.3, -0.25) is 4.79 Å². The van der Waals surface area contributed by atoms with Crippen LogP contribution >= 0.6 is 15.9 Å². The first-order chi connectivity index (χ1) is 9.63. The molecular weight excluding hydrogens is 324 g/mol. The molecular formula is C15H9BrO4. The lowest BCUT2D eigenvalue weighted by molar-refractivity contribution is -0.107. The van der Waals surface area contributed by atoms with E-state index in [0.29, 0.717) is 28.2 Å². The topological polar surface area (TPSA) is 67.5 Å². The van der Waals surface area contributed by atoms with E-state index in [1.54, 1.807) is 24.3 Å². The van der Waals surface area contributed by atoms with Crippen LogP contribution in [0.4, 0.5) is 0 Å². The first kappa shape index (κ1) is 12.9. The first-order valence-electron chi connectivity index (χ1n) is 5.93. The maximum absolute atomic E-state index is 12.5. The van der Waals surface area contributed by atoms with E-state index in [1.807, 2.05) is 0 Å². The van der Waals surface area contributed by atoms with Gasteiger partial charge in [0, 0.05) is 12.0 Å². The van der Waals surface area contributed by atoms with Crippen LogP contribution in [-0.4, -0.2) is 11.4 Å². The van der Waals surface area contributed by atoms with E-state index >= 15 is 0 Å². The third kappa shape index (κ3) is 1.82. The molecule has 0 spiro atoms. The molecule has 1 heterocycles. The molecule has 0 aliphatic heterocycles. The van der Waals surface area contributed by atoms with E-state index in [2.05, 4.69) is 15.9 Å². The Morgan fingerprint density at radius 3 is 2.75 bits per heavy atom. The molecule has 1 N–H and O–H groups in total. The highest BCUT2D eigenvalue weighted by atomic mass is 79.9. The first-order valence-corrected chi connectivity index (χ1v) is 6.72. The summed E-state index contributed by atoms with van der Waals surface area (Å²) in [6, 6.07) is 8.40. The van der Waals surface area contributed by atoms with Crippen molar-refractivity contribution in [1.29, 1.82) is 0 Å². The number of carbonyl (C=O) groups is 1. The zero-order valence-electron chi connectivity index (χ0n) is 10.2. The van der Waals surface area contributed by atoms with Crippen molar-refractivity contribution in [3.8, 4) is 5.75 Å². The number of para-hydroxylation sites is 1. The minimum Gasteiger partial charge on any atom is -0.506 e. The average Bonchev–Trinajstić information content (AvgIpc) is 2.46. The van der Waals surface area contributed by atoms with Gasteiger partial charge in [0.2, 0.25) is 5.43 Å². The van der Waals surface area contributed by atoms with Crippen LogP contribution in [0.3, 0.4) is 0 Å². The van der Waals surface area contributed by atoms with Crippen molar-refractivity contribution in [3.63, 3.8) is 0 Å². The molecule has 0 amide bonds. The summed E-state index contributed by atoms with van der Waals surface area (Å²) in [6.45, 7) is 0. The van der Waals surface area contributed by atoms with E-state index < -0.39 is 0 Å². The Balaban J connectivity index is 2.52. The van der Waals surface area contributed by atoms with E-state index in [0.717, 1.165) is 0 Å². The largest absolute Gasteiger partial charge is 0.506 e. The number of phenols is 1. The fraction of sp³-hybridized carbons (Fsp3) is 0.0667. The number of hydrogen-bond acceptors (Lipinski definition) is 4. The van der Waals surface area contributed by atoms with Crippen molar-refractivity contribution in [2.24, 2.45) is 0 Å². The Morgan fingerprint density at radius 1 is 1.25 bits per heavy atom. The van der Waals surface area contributed by atoms with Crippen molar-refractivity contribution >= 4 is 44.2 Å². The quantitative estimate of drug-likeness (QED) is 0.578. The van der Waals surface area contributed by atoms with E-state index in [4.69, 9.17) is 4.42 Å². The van der Waals surface area contributed by atoms with Gasteiger partial charge in [-0.2, -0.15) is 0 Å². The highest BCUT2D eigenvalue weighted by molar-refractivity contribution is 9.10. The molecule has 0 aliphatic rings. The van der Waals surface area contributed by atoms with Gasteiger partial charge in [0.05, 0.1) is 10.8 Å². The highest BCUT2D eigenvalue weighted by Crippen LogP contribution is 2.36. The molecule has 0 saturated carbocycles. The van der Waals surface area contributed by atoms with Crippen molar-refractivity contribution in [2.45, 2.75) is 6.42 Å². The number of rotatable bonds is 2. The monoisotopic (exact) mass is 332 g/mol. The Hall–Kier alpha value is -2.14. The third-order valence-corrected chi connectivity index (χ3v) is 3.90. The summed E-state index contributed by atoms with van der Waals surface area (Å²) >= 11 is 3.22. The smallest absolute Gasteiger partial charge is 0.200 e. The molecule has 1 aromatic heterocycles. The number of aldehydes is 1. The molecule has 0 aliphatic carbocycles. The molecule has 0 fully saturated rings. The zero-order chi connectivity index (χ0) is 14.3. The summed E-state index contributed by atoms with van der Waals surface area (Å²) in [5, 5.41) is 10.8. The van der Waals surface area contributed by atoms with Crippen LogP contribution < -0.4 is 5.43 Å². The Bertz CT molecular complexity index is 896. The summed E-state index contributed by atoms with van der Waals surface area (Å²) in [5.74, 6) is -0.0805. The van der Waals surface area contributed by atoms with E-state index in [1.165, 1.54) is 6.07 Å². The van der Waals surface area contributed by atoms with Crippen LogP contribution in [0, 0.1) is 0 Å². The van der Waals surface area contributed by atoms with Gasteiger partial charge < -0.3 is 14.3 Å². The van der Waals surface area contributed by atoms with Gasteiger partial charge >= 0.3 is 0 Å². The predicted molar refractivity (Wildman–Crippen MR) is 79.1 cm³/mol. The van der Waals surface area contributed by atoms with Gasteiger partial charge in [0.15, 0.2) is 5.58 Å². The molecule has 3 aromatic rings. The van der Waals surface area contributed by atoms with Crippen molar-refractivity contribution in [1.82, 2.24) is 0 Å². The van der Waals surface area contributed by atoms with Crippen molar-refractivity contribution < 1.29 is 14.3 Å². The number of hydrogen-bond donors (Lipinski definition) is 1. The van der Waals surface area contributed by atoms with Crippen molar-refractivity contribution in [2.75, 3.05) is 0 Å². The molecule has 2 aromatic carbocycles. The zero-order valence-corrected chi connectivity index (χ0v) is 11.8. The molecule has 4 nitrogen and oxygen atoms in total. The van der Waals surface area contributed by atoms with Crippen LogP contribution in [0.2, 0.25) is 0 Å². The Kier molecular flexibility index (Phi) is 3.06. The highest BCUT2D eigenvalue weighted by Gasteiger charge is 2.16. The number of phenolic OH excluding ortho intramolecular Hbond substituents is 1. The number of halogens is 1. The summed E-state index contributed by atoms with van der Waals surface area (Å²) in [5.41, 5.74) is 0.936. The van der Waals surface area contributed by atoms with Gasteiger partial charge in [-0.1, -0.05) is 12.1 Å². The molecule has 20 heavy (non-hydrogen) atoms. The van der Waals surface area contributed by atoms with Gasteiger partial charge in [-0.05, 0) is 34.1 Å². The molecule has 0 atom stereocenters. The number of carbonyl (C=O) groups excluding carboxylic acids is 1. The van der Waals surface area contributed by atoms with Crippen LogP contribution in [-0.2, 0) is 11.2 Å². The second-order valence-corrected chi connectivity index (χ2v) is 5.17. The molecule has 0 saturated heterocycles. The minimum atomic E-state index is -0.185. The van der Waals surface area contributed by atoms with Gasteiger partial charge in [0.25, 0.3) is 0 Å². The molecule has 0 unspecified atom stereocenters. The fourth-order valence-corrected chi connectivity index (χ4v) is 2.74. The van der Waals surface area contributed by atoms with Crippen molar-refractivity contribution in [3.05, 3.63) is 50.6 Å². The lowest BCUT2D eigenvalue weighted by atomic mass is 10.1. The molecule has 3 rings (SSSR count). The SMILES string of the molecule is O=CCc1cc2c(=O)c3ccccc3oc2c(Br)c1O. The van der Waals surface area contributed by atoms with Crippen LogP contribution in [0.15, 0.2) is 44.0 Å². The second kappa shape index (κ2) is 4.76. The molecule has 0 radical (unpaired) electrons. The van der Waals surface area contributed by atoms with Crippen LogP contribution in [0.25, 0.3) is 21.9 Å². The Labute approximate surface area is 121 Å². The van der Waals surface area contributed by atoms with Gasteiger partial charge in [-0.25, -0.2) is 0 Å². The molecule has 0 bridgehead atoms. The normalized spacial score (nSPS) is 11.1. The summed E-state index contributed by atoms with van der Waals surface area (Å²) in [6.07, 6.45) is 0.711. The summed E-state index contributed by atoms with van der Waals surface area (Å²) in [4.78, 5) is 23.1. The number of aromatic hydroxyl groups is 1. The average molecular weight is 333 g/mol. The third-order valence-electron chi connectivity index (χ3n) is 3.17.